The lowest BCUT2D eigenvalue weighted by Crippen LogP contribution is -1.80. The van der Waals surface area contributed by atoms with Crippen molar-refractivity contribution in [1.82, 2.24) is 0 Å². The summed E-state index contributed by atoms with van der Waals surface area (Å²) in [6.45, 7) is 1.76. The predicted octanol–water partition coefficient (Wildman–Crippen LogP) is 0.909. The van der Waals surface area contributed by atoms with Crippen molar-refractivity contribution in [2.75, 3.05) is 6.61 Å². The average molecular weight is 214 g/mol. The van der Waals surface area contributed by atoms with E-state index in [-0.39, 0.29) is 0 Å². The lowest BCUT2D eigenvalue weighted by Gasteiger charge is -1.89. The Hall–Kier alpha value is -1.13. The number of hydrogen-bond acceptors (Lipinski definition) is 3. The van der Waals surface area contributed by atoms with Crippen LogP contribution in [-0.2, 0) is 16.7 Å². The highest BCUT2D eigenvalue weighted by Gasteiger charge is 1.79. The van der Waals surface area contributed by atoms with Crippen LogP contribution in [0.1, 0.15) is 12.5 Å². The summed E-state index contributed by atoms with van der Waals surface area (Å²) in [5, 5.41) is 8.55. The summed E-state index contributed by atoms with van der Waals surface area (Å²) < 4.78 is 18.8. The van der Waals surface area contributed by atoms with E-state index in [0.29, 0.717) is 0 Å². The molecule has 3 nitrogen and oxygen atoms in total. The maximum atomic E-state index is 9.38. The van der Waals surface area contributed by atoms with Crippen LogP contribution in [0.4, 0.5) is 0 Å². The van der Waals surface area contributed by atoms with E-state index < -0.39 is 16.9 Å². The first kappa shape index (κ1) is 12.9. The summed E-state index contributed by atoms with van der Waals surface area (Å²) in [5.74, 6) is 0. The van der Waals surface area contributed by atoms with Gasteiger partial charge in [0.1, 0.15) is 0 Å². The molecule has 0 saturated carbocycles. The van der Waals surface area contributed by atoms with Crippen LogP contribution in [-0.4, -0.2) is 25.5 Å². The Morgan fingerprint density at radius 3 is 2.07 bits per heavy atom. The number of benzene rings is 1. The van der Waals surface area contributed by atoms with Gasteiger partial charge in [-0.3, -0.25) is 0 Å². The molecule has 0 aliphatic heterocycles. The maximum Gasteiger partial charge on any atom is 0.212 e. The van der Waals surface area contributed by atoms with Crippen LogP contribution >= 0.6 is 0 Å². The molecule has 14 heavy (non-hydrogen) atoms. The Morgan fingerprint density at radius 2 is 1.86 bits per heavy atom. The lowest BCUT2D eigenvalue weighted by molar-refractivity contribution is 0.363. The van der Waals surface area contributed by atoms with Crippen LogP contribution in [0, 0.1) is 0 Å². The van der Waals surface area contributed by atoms with Crippen molar-refractivity contribution in [3.8, 4) is 0 Å². The first-order valence-electron chi connectivity index (χ1n) is 4.26. The van der Waals surface area contributed by atoms with Gasteiger partial charge >= 0.3 is 0 Å². The molecule has 1 aromatic rings. The Morgan fingerprint density at radius 1 is 1.29 bits per heavy atom. The minimum absolute atomic E-state index is 0.407. The molecule has 0 heterocycles. The molecule has 1 rings (SSSR count). The van der Waals surface area contributed by atoms with Gasteiger partial charge < -0.3 is 5.11 Å². The number of rotatable bonds is 2. The van der Waals surface area contributed by atoms with Gasteiger partial charge in [-0.05, 0) is 12.0 Å². The molecule has 0 amide bonds. The number of aliphatic hydroxyl groups is 1. The summed E-state index contributed by atoms with van der Waals surface area (Å²) >= 11 is 0. The molecule has 0 radical (unpaired) electrons. The van der Waals surface area contributed by atoms with E-state index in [1.54, 1.807) is 0 Å². The molecule has 78 valence electrons. The molecule has 1 aromatic carbocycles. The maximum absolute atomic E-state index is 9.38. The van der Waals surface area contributed by atoms with Gasteiger partial charge in [0.15, 0.2) is 0 Å². The Balaban J connectivity index is 0.000000255. The first-order chi connectivity index (χ1) is 6.70. The average Bonchev–Trinajstić information content (AvgIpc) is 2.20. The molecule has 0 aliphatic rings. The van der Waals surface area contributed by atoms with Gasteiger partial charge in [-0.1, -0.05) is 37.3 Å². The summed E-state index contributed by atoms with van der Waals surface area (Å²) in [4.78, 5) is 0. The van der Waals surface area contributed by atoms with Crippen molar-refractivity contribution < 1.29 is 13.5 Å². The molecule has 0 aliphatic carbocycles. The lowest BCUT2D eigenvalue weighted by atomic mass is 10.2. The molecule has 4 heteroatoms. The van der Waals surface area contributed by atoms with Gasteiger partial charge in [0.05, 0.1) is 12.0 Å². The summed E-state index contributed by atoms with van der Waals surface area (Å²) in [6.07, 6.45) is 1.14. The second-order valence-corrected chi connectivity index (χ2v) is 3.30. The molecule has 0 spiro atoms. The van der Waals surface area contributed by atoms with Crippen molar-refractivity contribution in [1.29, 1.82) is 0 Å². The van der Waals surface area contributed by atoms with Crippen LogP contribution in [0.5, 0.6) is 0 Å². The minimum atomic E-state index is -2.19. The molecule has 0 unspecified atom stereocenters. The molecule has 0 fully saturated rings. The topological polar surface area (TPSA) is 54.4 Å². The summed E-state index contributed by atoms with van der Waals surface area (Å²) in [6, 6.07) is 10.5. The highest BCUT2D eigenvalue weighted by atomic mass is 32.2. The Kier molecular flexibility index (Phi) is 7.78. The third-order valence-electron chi connectivity index (χ3n) is 1.46. The normalized spacial score (nSPS) is 8.43. The summed E-state index contributed by atoms with van der Waals surface area (Å²) in [7, 11) is -2.19. The van der Waals surface area contributed by atoms with Crippen LogP contribution in [0.25, 0.3) is 0 Å². The Labute approximate surface area is 85.6 Å². The van der Waals surface area contributed by atoms with Gasteiger partial charge in [0.25, 0.3) is 0 Å². The predicted molar refractivity (Wildman–Crippen MR) is 57.9 cm³/mol. The third kappa shape index (κ3) is 7.52. The molecule has 0 bridgehead atoms. The van der Waals surface area contributed by atoms with Crippen molar-refractivity contribution >= 4 is 15.7 Å². The molecule has 0 aromatic heterocycles. The van der Waals surface area contributed by atoms with E-state index in [1.165, 1.54) is 5.56 Å². The summed E-state index contributed by atoms with van der Waals surface area (Å²) in [5.41, 5.74) is 1.41. The highest BCUT2D eigenvalue weighted by Crippen LogP contribution is 1.96. The third-order valence-corrected chi connectivity index (χ3v) is 1.88. The largest absolute Gasteiger partial charge is 0.391 e. The molecule has 1 N–H and O–H groups in total. The molecule has 0 saturated heterocycles. The standard InChI is InChI=1S/C8H10.C2H4O3S/c1-2-8-6-4-3-5-7-8;3-1-2-6(4)5/h3-7H,2H2,1H3;2-3H,1H2. The van der Waals surface area contributed by atoms with E-state index in [2.05, 4.69) is 31.2 Å². The van der Waals surface area contributed by atoms with Gasteiger partial charge in [-0.25, -0.2) is 0 Å². The van der Waals surface area contributed by atoms with Crippen LogP contribution in [0.15, 0.2) is 30.3 Å². The van der Waals surface area contributed by atoms with Crippen molar-refractivity contribution in [3.63, 3.8) is 0 Å². The zero-order valence-corrected chi connectivity index (χ0v) is 8.87. The highest BCUT2D eigenvalue weighted by molar-refractivity contribution is 7.71. The number of aliphatic hydroxyl groups excluding tert-OH is 1. The van der Waals surface area contributed by atoms with Gasteiger partial charge in [0.2, 0.25) is 10.3 Å². The van der Waals surface area contributed by atoms with Crippen LogP contribution in [0.2, 0.25) is 0 Å². The monoisotopic (exact) mass is 214 g/mol. The second kappa shape index (κ2) is 8.47. The molecular formula is C10H14O3S. The fraction of sp³-hybridized carbons (Fsp3) is 0.300. The quantitative estimate of drug-likeness (QED) is 0.744. The van der Waals surface area contributed by atoms with Crippen molar-refractivity contribution in [3.05, 3.63) is 35.9 Å². The SMILES string of the molecule is CCc1ccccc1.O=S(=O)=CCO. The first-order valence-corrected chi connectivity index (χ1v) is 5.40. The van der Waals surface area contributed by atoms with Gasteiger partial charge in [0, 0.05) is 0 Å². The van der Waals surface area contributed by atoms with Crippen molar-refractivity contribution in [2.24, 2.45) is 0 Å². The number of aryl methyl sites for hydroxylation is 1. The van der Waals surface area contributed by atoms with Gasteiger partial charge in [-0.15, -0.1) is 0 Å². The van der Waals surface area contributed by atoms with E-state index in [1.807, 2.05) is 6.07 Å². The fourth-order valence-corrected chi connectivity index (χ4v) is 0.896. The molecular weight excluding hydrogens is 200 g/mol. The second-order valence-electron chi connectivity index (χ2n) is 2.45. The Bertz CT molecular complexity index is 346. The smallest absolute Gasteiger partial charge is 0.212 e. The fourth-order valence-electron chi connectivity index (χ4n) is 0.775. The minimum Gasteiger partial charge on any atom is -0.391 e. The number of hydrogen-bond donors (Lipinski definition) is 1. The molecule has 0 atom stereocenters. The zero-order valence-electron chi connectivity index (χ0n) is 8.05. The van der Waals surface area contributed by atoms with E-state index in [0.717, 1.165) is 11.8 Å². The van der Waals surface area contributed by atoms with Gasteiger partial charge in [-0.2, -0.15) is 8.42 Å². The van der Waals surface area contributed by atoms with Crippen LogP contribution < -0.4 is 0 Å². The zero-order chi connectivity index (χ0) is 10.8. The van der Waals surface area contributed by atoms with E-state index >= 15 is 0 Å². The van der Waals surface area contributed by atoms with Crippen molar-refractivity contribution in [2.45, 2.75) is 13.3 Å². The van der Waals surface area contributed by atoms with Crippen LogP contribution in [0.3, 0.4) is 0 Å². The van der Waals surface area contributed by atoms with E-state index in [9.17, 15) is 8.42 Å². The van der Waals surface area contributed by atoms with E-state index in [4.69, 9.17) is 5.11 Å².